The van der Waals surface area contributed by atoms with Gasteiger partial charge in [-0.05, 0) is 54.7 Å². The Morgan fingerprint density at radius 3 is 2.31 bits per heavy atom. The highest BCUT2D eigenvalue weighted by molar-refractivity contribution is 6.38. The summed E-state index contributed by atoms with van der Waals surface area (Å²) in [4.78, 5) is 69.7. The quantitative estimate of drug-likeness (QED) is 0.201. The van der Waals surface area contributed by atoms with Crippen LogP contribution in [0.15, 0.2) is 42.5 Å². The maximum atomic E-state index is 14.7. The smallest absolute Gasteiger partial charge is 0.330 e. The van der Waals surface area contributed by atoms with Crippen molar-refractivity contribution in [2.75, 3.05) is 20.2 Å². The number of Topliss-reactive ketones (excluding diaryl/α,β-unsaturated/α-hetero) is 3. The zero-order valence-electron chi connectivity index (χ0n) is 31.4. The second-order valence-corrected chi connectivity index (χ2v) is 15.8. The Labute approximate surface area is 302 Å². The number of nitrogens with zero attached hydrogens (tertiary/aromatic N) is 2. The SMILES string of the molecule is CCC[C@H](CC(=O)[C@@H]1C[C@@]2(CN1C(=O)[C@@H](NC(=O)[C@@H]1CC1c1ccccc1)C(C)(C)C)C[N+](c1cc(C)c(OC)c(C)c1)=CO2)C(=O)C(=O)CC. The molecule has 1 saturated heterocycles. The summed E-state index contributed by atoms with van der Waals surface area (Å²) >= 11 is 0. The van der Waals surface area contributed by atoms with Crippen LogP contribution in [0.1, 0.15) is 95.8 Å². The Morgan fingerprint density at radius 1 is 1.06 bits per heavy atom. The number of hydrogen-bond acceptors (Lipinski definition) is 7. The fourth-order valence-electron chi connectivity index (χ4n) is 7.87. The van der Waals surface area contributed by atoms with Gasteiger partial charge >= 0.3 is 6.40 Å². The molecule has 10 nitrogen and oxygen atoms in total. The number of ketones is 3. The molecule has 1 spiro atoms. The predicted molar refractivity (Wildman–Crippen MR) is 194 cm³/mol. The van der Waals surface area contributed by atoms with Crippen LogP contribution < -0.4 is 10.1 Å². The molecule has 1 N–H and O–H groups in total. The minimum Gasteiger partial charge on any atom is -0.496 e. The molecule has 2 aromatic rings. The number of amides is 2. The molecule has 1 aliphatic carbocycles. The maximum absolute atomic E-state index is 14.7. The summed E-state index contributed by atoms with van der Waals surface area (Å²) in [6.45, 7) is 13.8. The van der Waals surface area contributed by atoms with Gasteiger partial charge in [-0.25, -0.2) is 0 Å². The fourth-order valence-corrected chi connectivity index (χ4v) is 7.87. The standard InChI is InChI=1S/C41H53N3O7/c1-9-14-28(35(47)33(45)10-2)19-34(46)32-21-41(22-43(24-51-41)29-17-25(3)36(50-8)26(4)18-29)23-44(32)39(49)37(40(5,6)7)42-38(48)31-20-30(31)27-15-12-11-13-16-27/h11-13,15-18,24,28,30-32,37H,9-10,14,19-23H2,1-8H3/p+1/t28-,30?,31-,32+,37-,41+/m1/s1. The molecule has 3 aliphatic rings. The van der Waals surface area contributed by atoms with Crippen molar-refractivity contribution in [2.45, 2.75) is 111 Å². The maximum Gasteiger partial charge on any atom is 0.330 e. The van der Waals surface area contributed by atoms with E-state index in [1.54, 1.807) is 25.3 Å². The van der Waals surface area contributed by atoms with Crippen LogP contribution in [0, 0.1) is 31.1 Å². The highest BCUT2D eigenvalue weighted by Crippen LogP contribution is 2.48. The lowest BCUT2D eigenvalue weighted by atomic mass is 9.84. The van der Waals surface area contributed by atoms with Crippen molar-refractivity contribution >= 4 is 41.3 Å². The molecule has 0 aromatic heterocycles. The van der Waals surface area contributed by atoms with E-state index in [1.807, 2.05) is 88.6 Å². The summed E-state index contributed by atoms with van der Waals surface area (Å²) in [5, 5.41) is 3.08. The van der Waals surface area contributed by atoms with Gasteiger partial charge in [0.25, 0.3) is 0 Å². The van der Waals surface area contributed by atoms with E-state index in [2.05, 4.69) is 5.32 Å². The van der Waals surface area contributed by atoms with Crippen LogP contribution in [0.5, 0.6) is 5.75 Å². The molecule has 51 heavy (non-hydrogen) atoms. The van der Waals surface area contributed by atoms with Crippen LogP contribution in [0.4, 0.5) is 5.69 Å². The zero-order valence-corrected chi connectivity index (χ0v) is 31.4. The molecule has 1 unspecified atom stereocenters. The van der Waals surface area contributed by atoms with Crippen LogP contribution >= 0.6 is 0 Å². The molecule has 274 valence electrons. The number of carbonyl (C=O) groups excluding carboxylic acids is 5. The van der Waals surface area contributed by atoms with Gasteiger partial charge in [0, 0.05) is 43.2 Å². The number of hydrogen-bond donors (Lipinski definition) is 1. The highest BCUT2D eigenvalue weighted by Gasteiger charge is 2.57. The highest BCUT2D eigenvalue weighted by atomic mass is 16.5. The number of aryl methyl sites for hydroxylation is 2. The van der Waals surface area contributed by atoms with E-state index < -0.39 is 40.6 Å². The van der Waals surface area contributed by atoms with Gasteiger partial charge in [-0.3, -0.25) is 24.0 Å². The molecular formula is C41H54N3O7+. The van der Waals surface area contributed by atoms with Crippen LogP contribution in [0.3, 0.4) is 0 Å². The monoisotopic (exact) mass is 700 g/mol. The van der Waals surface area contributed by atoms with Crippen molar-refractivity contribution in [3.8, 4) is 5.75 Å². The molecule has 6 atom stereocenters. The lowest BCUT2D eigenvalue weighted by molar-refractivity contribution is -0.434. The molecule has 1 saturated carbocycles. The van der Waals surface area contributed by atoms with Crippen molar-refractivity contribution in [3.05, 3.63) is 59.2 Å². The van der Waals surface area contributed by atoms with Crippen LogP contribution in [-0.2, 0) is 28.7 Å². The van der Waals surface area contributed by atoms with Crippen molar-refractivity contribution in [1.29, 1.82) is 0 Å². The van der Waals surface area contributed by atoms with Crippen LogP contribution in [-0.4, -0.2) is 82.9 Å². The number of likely N-dealkylation sites (tertiary alicyclic amines) is 1. The van der Waals surface area contributed by atoms with Crippen LogP contribution in [0.2, 0.25) is 0 Å². The average molecular weight is 701 g/mol. The summed E-state index contributed by atoms with van der Waals surface area (Å²) in [5.41, 5.74) is 2.37. The Bertz CT molecular complexity index is 1690. The number of rotatable bonds is 14. The van der Waals surface area contributed by atoms with Gasteiger partial charge in [-0.1, -0.05) is 71.4 Å². The first-order valence-electron chi connectivity index (χ1n) is 18.3. The van der Waals surface area contributed by atoms with Crippen molar-refractivity contribution in [3.63, 3.8) is 0 Å². The molecule has 5 rings (SSSR count). The first-order chi connectivity index (χ1) is 24.1. The van der Waals surface area contributed by atoms with Gasteiger partial charge < -0.3 is 19.7 Å². The summed E-state index contributed by atoms with van der Waals surface area (Å²) in [5.74, 6) is -1.90. The number of methoxy groups -OCH3 is 1. The van der Waals surface area contributed by atoms with Crippen molar-refractivity contribution in [2.24, 2.45) is 17.3 Å². The van der Waals surface area contributed by atoms with E-state index in [0.29, 0.717) is 25.8 Å². The summed E-state index contributed by atoms with van der Waals surface area (Å²) < 4.78 is 13.9. The van der Waals surface area contributed by atoms with Gasteiger partial charge in [-0.15, -0.1) is 0 Å². The summed E-state index contributed by atoms with van der Waals surface area (Å²) in [6.07, 6.45) is 3.56. The van der Waals surface area contributed by atoms with E-state index in [4.69, 9.17) is 9.47 Å². The molecule has 0 bridgehead atoms. The molecular weight excluding hydrogens is 646 g/mol. The largest absolute Gasteiger partial charge is 0.496 e. The van der Waals surface area contributed by atoms with E-state index in [9.17, 15) is 24.0 Å². The fraction of sp³-hybridized carbons (Fsp3) is 0.561. The first kappa shape index (κ1) is 37.9. The Kier molecular flexibility index (Phi) is 11.2. The molecule has 2 amide bonds. The molecule has 2 aromatic carbocycles. The number of benzene rings is 2. The Hall–Kier alpha value is -4.34. The van der Waals surface area contributed by atoms with E-state index in [0.717, 1.165) is 28.1 Å². The number of nitrogens with one attached hydrogen (secondary N) is 1. The summed E-state index contributed by atoms with van der Waals surface area (Å²) in [7, 11) is 1.65. The average Bonchev–Trinajstić information content (AvgIpc) is 3.66. The van der Waals surface area contributed by atoms with Crippen molar-refractivity contribution < 1.29 is 38.0 Å². The van der Waals surface area contributed by atoms with Crippen molar-refractivity contribution in [1.82, 2.24) is 10.2 Å². The minimum absolute atomic E-state index is 0.0767. The molecule has 2 fully saturated rings. The third-order valence-electron chi connectivity index (χ3n) is 10.7. The minimum atomic E-state index is -0.907. The molecule has 2 aliphatic heterocycles. The lowest BCUT2D eigenvalue weighted by Gasteiger charge is -2.35. The lowest BCUT2D eigenvalue weighted by Crippen LogP contribution is -2.57. The van der Waals surface area contributed by atoms with Gasteiger partial charge in [-0.2, -0.15) is 4.58 Å². The second kappa shape index (κ2) is 15.1. The molecule has 10 heteroatoms. The predicted octanol–water partition coefficient (Wildman–Crippen LogP) is 5.61. The van der Waals surface area contributed by atoms with E-state index in [1.165, 1.54) is 0 Å². The van der Waals surface area contributed by atoms with Crippen LogP contribution in [0.25, 0.3) is 0 Å². The Balaban J connectivity index is 1.42. The van der Waals surface area contributed by atoms with E-state index >= 15 is 0 Å². The molecule has 2 heterocycles. The zero-order chi connectivity index (χ0) is 37.2. The number of ether oxygens (including phenoxy) is 2. The second-order valence-electron chi connectivity index (χ2n) is 15.8. The first-order valence-corrected chi connectivity index (χ1v) is 18.3. The van der Waals surface area contributed by atoms with Gasteiger partial charge in [0.1, 0.15) is 11.8 Å². The van der Waals surface area contributed by atoms with Gasteiger partial charge in [0.2, 0.25) is 23.3 Å². The van der Waals surface area contributed by atoms with E-state index in [-0.39, 0.29) is 55.2 Å². The Morgan fingerprint density at radius 2 is 1.73 bits per heavy atom. The topological polar surface area (TPSA) is 122 Å². The molecule has 0 radical (unpaired) electrons. The van der Waals surface area contributed by atoms with Gasteiger partial charge in [0.15, 0.2) is 23.7 Å². The third kappa shape index (κ3) is 8.10. The third-order valence-corrected chi connectivity index (χ3v) is 10.7. The normalized spacial score (nSPS) is 23.6. The number of carbonyl (C=O) groups is 5. The summed E-state index contributed by atoms with van der Waals surface area (Å²) in [6, 6.07) is 12.1. The van der Waals surface area contributed by atoms with Gasteiger partial charge in [0.05, 0.1) is 19.7 Å².